The van der Waals surface area contributed by atoms with Crippen LogP contribution in [0, 0.1) is 0 Å². The molecule has 3 heteroatoms. The molecule has 0 aromatic heterocycles. The zero-order valence-corrected chi connectivity index (χ0v) is 11.7. The van der Waals surface area contributed by atoms with Crippen LogP contribution in [0.15, 0.2) is 48.5 Å². The first-order valence-electron chi connectivity index (χ1n) is 6.42. The normalized spacial score (nSPS) is 12.2. The van der Waals surface area contributed by atoms with Crippen LogP contribution in [0.1, 0.15) is 24.1 Å². The van der Waals surface area contributed by atoms with Gasteiger partial charge in [0.25, 0.3) is 0 Å². The van der Waals surface area contributed by atoms with Gasteiger partial charge in [-0.1, -0.05) is 54.9 Å². The molecule has 0 fully saturated rings. The Morgan fingerprint density at radius 3 is 2.42 bits per heavy atom. The van der Waals surface area contributed by atoms with E-state index in [1.807, 2.05) is 18.2 Å². The summed E-state index contributed by atoms with van der Waals surface area (Å²) in [5.74, 6) is 0.671. The van der Waals surface area contributed by atoms with E-state index in [0.717, 1.165) is 12.0 Å². The second-order valence-corrected chi connectivity index (χ2v) is 4.85. The van der Waals surface area contributed by atoms with Crippen molar-refractivity contribution in [3.63, 3.8) is 0 Å². The average molecular weight is 276 g/mol. The predicted molar refractivity (Wildman–Crippen MR) is 79.7 cm³/mol. The topological polar surface area (TPSA) is 35.2 Å². The summed E-state index contributed by atoms with van der Waals surface area (Å²) in [6.07, 6.45) is 1.03. The van der Waals surface area contributed by atoms with Crippen LogP contribution in [0.3, 0.4) is 0 Å². The zero-order chi connectivity index (χ0) is 13.7. The molecule has 0 spiro atoms. The maximum atomic E-state index is 6.12. The van der Waals surface area contributed by atoms with Crippen molar-refractivity contribution in [2.75, 3.05) is 6.61 Å². The highest BCUT2D eigenvalue weighted by Gasteiger charge is 2.08. The predicted octanol–water partition coefficient (Wildman–Crippen LogP) is 3.98. The minimum Gasteiger partial charge on any atom is -0.490 e. The van der Waals surface area contributed by atoms with Gasteiger partial charge in [0.05, 0.1) is 11.1 Å². The molecule has 0 aliphatic heterocycles. The molecule has 2 aromatic carbocycles. The summed E-state index contributed by atoms with van der Waals surface area (Å²) < 4.78 is 5.65. The van der Waals surface area contributed by atoms with Crippen molar-refractivity contribution in [3.05, 3.63) is 64.7 Å². The van der Waals surface area contributed by atoms with Gasteiger partial charge in [0.1, 0.15) is 12.4 Å². The minimum atomic E-state index is -0.151. The maximum absolute atomic E-state index is 6.12. The molecule has 0 saturated heterocycles. The molecule has 0 radical (unpaired) electrons. The Morgan fingerprint density at radius 1 is 1.11 bits per heavy atom. The first-order valence-corrected chi connectivity index (χ1v) is 6.80. The maximum Gasteiger partial charge on any atom is 0.137 e. The Balaban J connectivity index is 1.97. The molecule has 0 bridgehead atoms. The van der Waals surface area contributed by atoms with E-state index >= 15 is 0 Å². The number of para-hydroxylation sites is 1. The van der Waals surface area contributed by atoms with Crippen LogP contribution < -0.4 is 10.5 Å². The van der Waals surface area contributed by atoms with Crippen LogP contribution in [0.4, 0.5) is 0 Å². The summed E-state index contributed by atoms with van der Waals surface area (Å²) in [6.45, 7) is 2.55. The van der Waals surface area contributed by atoms with E-state index in [1.54, 1.807) is 6.07 Å². The van der Waals surface area contributed by atoms with Crippen LogP contribution >= 0.6 is 11.6 Å². The van der Waals surface area contributed by atoms with Gasteiger partial charge in [-0.15, -0.1) is 0 Å². The molecule has 1 atom stereocenters. The van der Waals surface area contributed by atoms with Crippen LogP contribution in [0.2, 0.25) is 5.02 Å². The second kappa shape index (κ2) is 6.60. The Morgan fingerprint density at radius 2 is 1.79 bits per heavy atom. The summed E-state index contributed by atoms with van der Waals surface area (Å²) in [7, 11) is 0. The number of aryl methyl sites for hydroxylation is 1. The molecule has 1 unspecified atom stereocenters. The Hall–Kier alpha value is -1.51. The van der Waals surface area contributed by atoms with Gasteiger partial charge in [-0.2, -0.15) is 0 Å². The highest BCUT2D eigenvalue weighted by molar-refractivity contribution is 6.32. The van der Waals surface area contributed by atoms with Crippen LogP contribution in [-0.4, -0.2) is 6.61 Å². The molecule has 2 aromatic rings. The number of nitrogens with two attached hydrogens (primary N) is 1. The molecule has 0 aliphatic carbocycles. The lowest BCUT2D eigenvalue weighted by Crippen LogP contribution is -2.19. The molecule has 2 N–H and O–H groups in total. The third kappa shape index (κ3) is 3.72. The lowest BCUT2D eigenvalue weighted by atomic mass is 10.1. The molecule has 2 rings (SSSR count). The standard InChI is InChI=1S/C16H18ClNO/c1-2-12-7-9-13(10-8-12)15(18)11-19-16-6-4-3-5-14(16)17/h3-10,15H,2,11,18H2,1H3. The number of halogens is 1. The largest absolute Gasteiger partial charge is 0.490 e. The van der Waals surface area contributed by atoms with Crippen LogP contribution in [0.5, 0.6) is 5.75 Å². The molecule has 2 nitrogen and oxygen atoms in total. The number of rotatable bonds is 5. The fourth-order valence-electron chi connectivity index (χ4n) is 1.84. The van der Waals surface area contributed by atoms with Gasteiger partial charge in [-0.25, -0.2) is 0 Å². The van der Waals surface area contributed by atoms with Crippen LogP contribution in [0.25, 0.3) is 0 Å². The van der Waals surface area contributed by atoms with Gasteiger partial charge in [0.2, 0.25) is 0 Å². The van der Waals surface area contributed by atoms with Crippen molar-refractivity contribution in [3.8, 4) is 5.75 Å². The number of ether oxygens (including phenoxy) is 1. The number of hydrogen-bond acceptors (Lipinski definition) is 2. The second-order valence-electron chi connectivity index (χ2n) is 4.44. The fourth-order valence-corrected chi connectivity index (χ4v) is 2.03. The van der Waals surface area contributed by atoms with Gasteiger partial charge in [0, 0.05) is 0 Å². The first kappa shape index (κ1) is 13.9. The Bertz CT molecular complexity index is 525. The van der Waals surface area contributed by atoms with Crippen molar-refractivity contribution in [2.45, 2.75) is 19.4 Å². The zero-order valence-electron chi connectivity index (χ0n) is 11.0. The number of benzene rings is 2. The quantitative estimate of drug-likeness (QED) is 0.896. The summed E-state index contributed by atoms with van der Waals surface area (Å²) in [5.41, 5.74) is 8.50. The lowest BCUT2D eigenvalue weighted by Gasteiger charge is -2.14. The highest BCUT2D eigenvalue weighted by Crippen LogP contribution is 2.24. The van der Waals surface area contributed by atoms with Gasteiger partial charge in [-0.05, 0) is 29.7 Å². The van der Waals surface area contributed by atoms with Crippen molar-refractivity contribution in [1.29, 1.82) is 0 Å². The van der Waals surface area contributed by atoms with Gasteiger partial charge >= 0.3 is 0 Å². The SMILES string of the molecule is CCc1ccc(C(N)COc2ccccc2Cl)cc1. The van der Waals surface area contributed by atoms with E-state index in [4.69, 9.17) is 22.1 Å². The summed E-state index contributed by atoms with van der Waals surface area (Å²) in [5, 5.41) is 0.607. The number of hydrogen-bond donors (Lipinski definition) is 1. The van der Waals surface area contributed by atoms with E-state index < -0.39 is 0 Å². The van der Waals surface area contributed by atoms with Crippen molar-refractivity contribution < 1.29 is 4.74 Å². The summed E-state index contributed by atoms with van der Waals surface area (Å²) >= 11 is 6.03. The lowest BCUT2D eigenvalue weighted by molar-refractivity contribution is 0.291. The monoisotopic (exact) mass is 275 g/mol. The summed E-state index contributed by atoms with van der Waals surface area (Å²) in [6, 6.07) is 15.6. The molecule has 0 heterocycles. The summed E-state index contributed by atoms with van der Waals surface area (Å²) in [4.78, 5) is 0. The van der Waals surface area contributed by atoms with Crippen molar-refractivity contribution >= 4 is 11.6 Å². The van der Waals surface area contributed by atoms with E-state index in [-0.39, 0.29) is 6.04 Å². The average Bonchev–Trinajstić information content (AvgIpc) is 2.46. The van der Waals surface area contributed by atoms with Gasteiger partial charge in [0.15, 0.2) is 0 Å². The van der Waals surface area contributed by atoms with E-state index in [2.05, 4.69) is 31.2 Å². The van der Waals surface area contributed by atoms with Crippen LogP contribution in [-0.2, 0) is 6.42 Å². The molecule has 19 heavy (non-hydrogen) atoms. The van der Waals surface area contributed by atoms with Gasteiger partial charge in [-0.3, -0.25) is 0 Å². The Kier molecular flexibility index (Phi) is 4.83. The van der Waals surface area contributed by atoms with E-state index in [9.17, 15) is 0 Å². The molecule has 100 valence electrons. The third-order valence-corrected chi connectivity index (χ3v) is 3.38. The molecule has 0 saturated carbocycles. The highest BCUT2D eigenvalue weighted by atomic mass is 35.5. The molecular formula is C16H18ClNO. The fraction of sp³-hybridized carbons (Fsp3) is 0.250. The first-order chi connectivity index (χ1) is 9.20. The minimum absolute atomic E-state index is 0.151. The van der Waals surface area contributed by atoms with Crippen molar-refractivity contribution in [2.24, 2.45) is 5.73 Å². The van der Waals surface area contributed by atoms with Crippen molar-refractivity contribution in [1.82, 2.24) is 0 Å². The van der Waals surface area contributed by atoms with E-state index in [1.165, 1.54) is 5.56 Å². The molecule has 0 aliphatic rings. The van der Waals surface area contributed by atoms with E-state index in [0.29, 0.717) is 17.4 Å². The molecular weight excluding hydrogens is 258 g/mol. The third-order valence-electron chi connectivity index (χ3n) is 3.07. The smallest absolute Gasteiger partial charge is 0.137 e. The Labute approximate surface area is 119 Å². The molecule has 0 amide bonds. The van der Waals surface area contributed by atoms with Gasteiger partial charge < -0.3 is 10.5 Å².